The van der Waals surface area contributed by atoms with Crippen molar-refractivity contribution in [1.29, 1.82) is 0 Å². The minimum atomic E-state index is -0.215. The van der Waals surface area contributed by atoms with Gasteiger partial charge in [0.1, 0.15) is 12.3 Å². The summed E-state index contributed by atoms with van der Waals surface area (Å²) in [5.41, 5.74) is 3.43. The molecule has 4 nitrogen and oxygen atoms in total. The van der Waals surface area contributed by atoms with Crippen molar-refractivity contribution < 1.29 is 4.79 Å². The summed E-state index contributed by atoms with van der Waals surface area (Å²) < 4.78 is 0. The molecule has 20 heavy (non-hydrogen) atoms. The molecule has 1 atom stereocenters. The van der Waals surface area contributed by atoms with E-state index in [9.17, 15) is 4.79 Å². The molecule has 2 heterocycles. The monoisotopic (exact) mass is 271 g/mol. The highest BCUT2D eigenvalue weighted by molar-refractivity contribution is 5.72. The molecular formula is C16H21N3O. The van der Waals surface area contributed by atoms with Crippen molar-refractivity contribution in [3.63, 3.8) is 0 Å². The number of hydrogen-bond acceptors (Lipinski definition) is 4. The number of benzene rings is 1. The van der Waals surface area contributed by atoms with E-state index in [1.807, 2.05) is 12.3 Å². The predicted molar refractivity (Wildman–Crippen MR) is 81.7 cm³/mol. The van der Waals surface area contributed by atoms with Gasteiger partial charge in [-0.3, -0.25) is 0 Å². The highest BCUT2D eigenvalue weighted by Crippen LogP contribution is 2.28. The Balaban J connectivity index is 1.85. The van der Waals surface area contributed by atoms with Gasteiger partial charge in [0.2, 0.25) is 0 Å². The van der Waals surface area contributed by atoms with Crippen LogP contribution in [0.15, 0.2) is 24.4 Å². The third kappa shape index (κ3) is 2.43. The highest BCUT2D eigenvalue weighted by atomic mass is 16.1. The molecule has 3 rings (SSSR count). The van der Waals surface area contributed by atoms with Gasteiger partial charge in [-0.2, -0.15) is 0 Å². The summed E-state index contributed by atoms with van der Waals surface area (Å²) in [7, 11) is 2.17. The van der Waals surface area contributed by atoms with E-state index in [-0.39, 0.29) is 6.04 Å². The summed E-state index contributed by atoms with van der Waals surface area (Å²) in [5.74, 6) is 0. The number of anilines is 1. The number of carbonyl (C=O) groups is 1. The van der Waals surface area contributed by atoms with Gasteiger partial charge >= 0.3 is 0 Å². The zero-order valence-corrected chi connectivity index (χ0v) is 11.8. The number of carbonyl (C=O) groups excluding carboxylic acids is 1. The zero-order chi connectivity index (χ0) is 13.9. The highest BCUT2D eigenvalue weighted by Gasteiger charge is 2.20. The van der Waals surface area contributed by atoms with Gasteiger partial charge in [-0.25, -0.2) is 0 Å². The van der Waals surface area contributed by atoms with E-state index in [0.717, 1.165) is 30.5 Å². The molecule has 1 saturated heterocycles. The molecule has 1 aromatic rings. The molecule has 106 valence electrons. The van der Waals surface area contributed by atoms with E-state index in [4.69, 9.17) is 0 Å². The molecule has 0 radical (unpaired) electrons. The lowest BCUT2D eigenvalue weighted by atomic mass is 9.97. The van der Waals surface area contributed by atoms with Gasteiger partial charge in [0, 0.05) is 18.8 Å². The van der Waals surface area contributed by atoms with Crippen LogP contribution in [-0.2, 0) is 4.79 Å². The summed E-state index contributed by atoms with van der Waals surface area (Å²) in [6, 6.07) is 6.76. The van der Waals surface area contributed by atoms with Gasteiger partial charge in [0.15, 0.2) is 0 Å². The Kier molecular flexibility index (Phi) is 3.74. The van der Waals surface area contributed by atoms with E-state index >= 15 is 0 Å². The Labute approximate surface area is 119 Å². The normalized spacial score (nSPS) is 21.9. The van der Waals surface area contributed by atoms with Crippen molar-refractivity contribution in [3.05, 3.63) is 35.5 Å². The molecule has 2 N–H and O–H groups in total. The second-order valence-corrected chi connectivity index (χ2v) is 5.52. The Morgan fingerprint density at radius 2 is 2.10 bits per heavy atom. The van der Waals surface area contributed by atoms with Crippen LogP contribution in [0, 0.1) is 0 Å². The van der Waals surface area contributed by atoms with Crippen LogP contribution in [0.25, 0.3) is 6.08 Å². The van der Waals surface area contributed by atoms with Crippen LogP contribution in [0.3, 0.4) is 0 Å². The Morgan fingerprint density at radius 1 is 1.30 bits per heavy atom. The fraction of sp³-hybridized carbons (Fsp3) is 0.438. The van der Waals surface area contributed by atoms with E-state index in [0.29, 0.717) is 6.04 Å². The fourth-order valence-corrected chi connectivity index (χ4v) is 3.06. The largest absolute Gasteiger partial charge is 0.378 e. The zero-order valence-electron chi connectivity index (χ0n) is 11.8. The SMILES string of the molecule is CN(c1ccc2c(c1)C=CNC2C=O)C1CCNCC1. The number of piperidine rings is 1. The lowest BCUT2D eigenvalue weighted by molar-refractivity contribution is -0.109. The summed E-state index contributed by atoms with van der Waals surface area (Å²) >= 11 is 0. The number of nitrogens with one attached hydrogen (secondary N) is 2. The standard InChI is InChI=1S/C16H21N3O/c1-19(13-5-7-17-8-6-13)14-2-3-15-12(10-14)4-9-18-16(15)11-20/h2-4,9-11,13,16-18H,5-8H2,1H3. The summed E-state index contributed by atoms with van der Waals surface area (Å²) in [4.78, 5) is 13.4. The van der Waals surface area contributed by atoms with Crippen molar-refractivity contribution in [1.82, 2.24) is 10.6 Å². The smallest absolute Gasteiger partial charge is 0.146 e. The molecule has 0 spiro atoms. The van der Waals surface area contributed by atoms with Gasteiger partial charge in [-0.1, -0.05) is 6.07 Å². The van der Waals surface area contributed by atoms with E-state index < -0.39 is 0 Å². The molecule has 2 aliphatic rings. The quantitative estimate of drug-likeness (QED) is 0.821. The van der Waals surface area contributed by atoms with Gasteiger partial charge < -0.3 is 20.3 Å². The first kappa shape index (κ1) is 13.2. The van der Waals surface area contributed by atoms with Gasteiger partial charge in [0.05, 0.1) is 0 Å². The molecule has 0 amide bonds. The number of rotatable bonds is 3. The van der Waals surface area contributed by atoms with Crippen molar-refractivity contribution >= 4 is 18.0 Å². The maximum atomic E-state index is 11.1. The topological polar surface area (TPSA) is 44.4 Å². The van der Waals surface area contributed by atoms with Crippen molar-refractivity contribution in [2.75, 3.05) is 25.0 Å². The maximum absolute atomic E-state index is 11.1. The molecule has 0 aliphatic carbocycles. The first-order valence-corrected chi connectivity index (χ1v) is 7.25. The molecule has 1 aromatic carbocycles. The van der Waals surface area contributed by atoms with Crippen molar-refractivity contribution in [2.24, 2.45) is 0 Å². The minimum Gasteiger partial charge on any atom is -0.378 e. The second kappa shape index (κ2) is 5.67. The van der Waals surface area contributed by atoms with Gasteiger partial charge in [-0.15, -0.1) is 0 Å². The lowest BCUT2D eigenvalue weighted by Crippen LogP contribution is -2.41. The average Bonchev–Trinajstić information content (AvgIpc) is 2.53. The number of hydrogen-bond donors (Lipinski definition) is 2. The summed E-state index contributed by atoms with van der Waals surface area (Å²) in [6.07, 6.45) is 7.22. The molecule has 1 unspecified atom stereocenters. The van der Waals surface area contributed by atoms with Crippen LogP contribution in [0.5, 0.6) is 0 Å². The van der Waals surface area contributed by atoms with Crippen LogP contribution < -0.4 is 15.5 Å². The average molecular weight is 271 g/mol. The van der Waals surface area contributed by atoms with Crippen molar-refractivity contribution in [3.8, 4) is 0 Å². The van der Waals surface area contributed by atoms with Gasteiger partial charge in [-0.05, 0) is 61.5 Å². The Hall–Kier alpha value is -1.81. The molecular weight excluding hydrogens is 250 g/mol. The van der Waals surface area contributed by atoms with Crippen LogP contribution >= 0.6 is 0 Å². The molecule has 1 fully saturated rings. The molecule has 0 aromatic heterocycles. The minimum absolute atomic E-state index is 0.215. The molecule has 0 bridgehead atoms. The van der Waals surface area contributed by atoms with Crippen LogP contribution in [0.2, 0.25) is 0 Å². The number of nitrogens with zero attached hydrogens (tertiary/aromatic N) is 1. The third-order valence-electron chi connectivity index (χ3n) is 4.34. The van der Waals surface area contributed by atoms with Crippen molar-refractivity contribution in [2.45, 2.75) is 24.9 Å². The third-order valence-corrected chi connectivity index (χ3v) is 4.34. The lowest BCUT2D eigenvalue weighted by Gasteiger charge is -2.34. The van der Waals surface area contributed by atoms with E-state index in [1.165, 1.54) is 18.5 Å². The van der Waals surface area contributed by atoms with Crippen LogP contribution in [-0.4, -0.2) is 32.5 Å². The second-order valence-electron chi connectivity index (χ2n) is 5.52. The van der Waals surface area contributed by atoms with E-state index in [2.05, 4.69) is 40.8 Å². The Bertz CT molecular complexity index is 520. The Morgan fingerprint density at radius 3 is 2.85 bits per heavy atom. The molecule has 4 heteroatoms. The molecule has 2 aliphatic heterocycles. The fourth-order valence-electron chi connectivity index (χ4n) is 3.06. The predicted octanol–water partition coefficient (Wildman–Crippen LogP) is 1.69. The first-order chi connectivity index (χ1) is 9.79. The maximum Gasteiger partial charge on any atom is 0.146 e. The number of fused-ring (bicyclic) bond motifs is 1. The van der Waals surface area contributed by atoms with Crippen LogP contribution in [0.4, 0.5) is 5.69 Å². The summed E-state index contributed by atoms with van der Waals surface area (Å²) in [6.45, 7) is 2.19. The van der Waals surface area contributed by atoms with Crippen LogP contribution in [0.1, 0.15) is 30.0 Å². The first-order valence-electron chi connectivity index (χ1n) is 7.25. The summed E-state index contributed by atoms with van der Waals surface area (Å²) in [5, 5.41) is 6.47. The molecule has 0 saturated carbocycles. The number of aldehydes is 1. The van der Waals surface area contributed by atoms with Gasteiger partial charge in [0.25, 0.3) is 0 Å². The van der Waals surface area contributed by atoms with E-state index in [1.54, 1.807) is 0 Å².